The Balaban J connectivity index is 2.22. The first-order valence-electron chi connectivity index (χ1n) is 5.43. The molecule has 0 N–H and O–H groups in total. The van der Waals surface area contributed by atoms with Gasteiger partial charge in [-0.2, -0.15) is 0 Å². The Bertz CT molecular complexity index is 339. The van der Waals surface area contributed by atoms with Crippen molar-refractivity contribution >= 4 is 0 Å². The molecular weight excluding hydrogens is 168 g/mol. The summed E-state index contributed by atoms with van der Waals surface area (Å²) >= 11 is 0. The van der Waals surface area contributed by atoms with E-state index in [2.05, 4.69) is 50.3 Å². The molecule has 0 amide bonds. The molecule has 14 heavy (non-hydrogen) atoms. The molecule has 0 aliphatic heterocycles. The molecule has 0 saturated heterocycles. The van der Waals surface area contributed by atoms with E-state index < -0.39 is 0 Å². The molecule has 0 fully saturated rings. The lowest BCUT2D eigenvalue weighted by Gasteiger charge is -2.31. The first-order valence-corrected chi connectivity index (χ1v) is 5.43. The summed E-state index contributed by atoms with van der Waals surface area (Å²) in [7, 11) is 0. The second-order valence-corrected chi connectivity index (χ2v) is 4.56. The molecule has 0 spiro atoms. The van der Waals surface area contributed by atoms with E-state index in [4.69, 9.17) is 0 Å². The second-order valence-electron chi connectivity index (χ2n) is 4.56. The van der Waals surface area contributed by atoms with Crippen LogP contribution in [0.25, 0.3) is 0 Å². The van der Waals surface area contributed by atoms with Crippen molar-refractivity contribution in [2.45, 2.75) is 33.1 Å². The molecule has 0 saturated carbocycles. The highest BCUT2D eigenvalue weighted by atomic mass is 14.3. The zero-order chi connectivity index (χ0) is 10.0. The Hall–Kier alpha value is -1.04. The lowest BCUT2D eigenvalue weighted by atomic mass is 9.73. The minimum Gasteiger partial charge on any atom is -0.0842 e. The molecule has 2 rings (SSSR count). The van der Waals surface area contributed by atoms with Crippen LogP contribution in [0.4, 0.5) is 0 Å². The molecule has 2 aliphatic rings. The summed E-state index contributed by atoms with van der Waals surface area (Å²) in [6.45, 7) is 4.52. The third-order valence-corrected chi connectivity index (χ3v) is 3.31. The predicted octanol–water partition coefficient (Wildman–Crippen LogP) is 4.18. The molecule has 0 aromatic rings. The zero-order valence-corrected chi connectivity index (χ0v) is 9.09. The van der Waals surface area contributed by atoms with E-state index in [0.29, 0.717) is 0 Å². The summed E-state index contributed by atoms with van der Waals surface area (Å²) in [6.07, 6.45) is 17.3. The SMILES string of the molecule is CC1=CCC(C)(C2=CC=CCC2)C=C1. The predicted molar refractivity (Wildman–Crippen MR) is 62.1 cm³/mol. The van der Waals surface area contributed by atoms with E-state index in [1.807, 2.05) is 0 Å². The van der Waals surface area contributed by atoms with Crippen molar-refractivity contribution in [1.82, 2.24) is 0 Å². The zero-order valence-electron chi connectivity index (χ0n) is 9.09. The smallest absolute Gasteiger partial charge is 0.0103 e. The molecule has 0 heterocycles. The van der Waals surface area contributed by atoms with E-state index in [9.17, 15) is 0 Å². The second kappa shape index (κ2) is 3.61. The summed E-state index contributed by atoms with van der Waals surface area (Å²) in [6, 6.07) is 0. The minimum absolute atomic E-state index is 0.282. The van der Waals surface area contributed by atoms with Crippen molar-refractivity contribution < 1.29 is 0 Å². The van der Waals surface area contributed by atoms with Gasteiger partial charge < -0.3 is 0 Å². The summed E-state index contributed by atoms with van der Waals surface area (Å²) in [4.78, 5) is 0. The van der Waals surface area contributed by atoms with E-state index in [0.717, 1.165) is 6.42 Å². The molecule has 2 aliphatic carbocycles. The molecule has 74 valence electrons. The van der Waals surface area contributed by atoms with Gasteiger partial charge in [-0.3, -0.25) is 0 Å². The van der Waals surface area contributed by atoms with Crippen molar-refractivity contribution in [1.29, 1.82) is 0 Å². The van der Waals surface area contributed by atoms with Gasteiger partial charge in [-0.05, 0) is 26.2 Å². The van der Waals surface area contributed by atoms with Gasteiger partial charge >= 0.3 is 0 Å². The third-order valence-electron chi connectivity index (χ3n) is 3.31. The average molecular weight is 186 g/mol. The van der Waals surface area contributed by atoms with Gasteiger partial charge in [-0.15, -0.1) is 0 Å². The number of allylic oxidation sites excluding steroid dienone is 8. The summed E-state index contributed by atoms with van der Waals surface area (Å²) < 4.78 is 0. The highest BCUT2D eigenvalue weighted by Crippen LogP contribution is 2.39. The maximum absolute atomic E-state index is 2.37. The first-order chi connectivity index (χ1) is 6.71. The molecule has 1 unspecified atom stereocenters. The van der Waals surface area contributed by atoms with Crippen LogP contribution in [0.2, 0.25) is 0 Å². The normalized spacial score (nSPS) is 31.3. The van der Waals surface area contributed by atoms with Gasteiger partial charge in [0.05, 0.1) is 0 Å². The van der Waals surface area contributed by atoms with Gasteiger partial charge in [0, 0.05) is 5.41 Å². The highest BCUT2D eigenvalue weighted by Gasteiger charge is 2.26. The fourth-order valence-corrected chi connectivity index (χ4v) is 2.14. The number of hydrogen-bond donors (Lipinski definition) is 0. The Morgan fingerprint density at radius 2 is 2.21 bits per heavy atom. The van der Waals surface area contributed by atoms with Crippen molar-refractivity contribution in [3.63, 3.8) is 0 Å². The summed E-state index contributed by atoms with van der Waals surface area (Å²) in [5.41, 5.74) is 3.26. The lowest BCUT2D eigenvalue weighted by Crippen LogP contribution is -2.18. The number of rotatable bonds is 1. The maximum atomic E-state index is 2.37. The van der Waals surface area contributed by atoms with Gasteiger partial charge in [0.2, 0.25) is 0 Å². The standard InChI is InChI=1S/C14H18/c1-12-8-10-14(2,11-9-12)13-6-4-3-5-7-13/h3-4,6,8-10H,5,7,11H2,1-2H3. The first kappa shape index (κ1) is 9.51. The van der Waals surface area contributed by atoms with Gasteiger partial charge in [-0.25, -0.2) is 0 Å². The lowest BCUT2D eigenvalue weighted by molar-refractivity contribution is 0.493. The fraction of sp³-hybridized carbons (Fsp3) is 0.429. The van der Waals surface area contributed by atoms with Crippen molar-refractivity contribution in [3.05, 3.63) is 47.6 Å². The molecule has 0 bridgehead atoms. The van der Waals surface area contributed by atoms with Crippen LogP contribution in [-0.4, -0.2) is 0 Å². The monoisotopic (exact) mass is 186 g/mol. The Labute approximate surface area is 86.7 Å². The summed E-state index contributed by atoms with van der Waals surface area (Å²) in [5.74, 6) is 0. The van der Waals surface area contributed by atoms with Crippen LogP contribution < -0.4 is 0 Å². The minimum atomic E-state index is 0.282. The fourth-order valence-electron chi connectivity index (χ4n) is 2.14. The van der Waals surface area contributed by atoms with Crippen LogP contribution in [0.1, 0.15) is 33.1 Å². The molecule has 1 atom stereocenters. The Morgan fingerprint density at radius 1 is 1.36 bits per heavy atom. The quantitative estimate of drug-likeness (QED) is 0.576. The maximum Gasteiger partial charge on any atom is 0.0103 e. The van der Waals surface area contributed by atoms with E-state index in [1.54, 1.807) is 5.57 Å². The Morgan fingerprint density at radius 3 is 2.79 bits per heavy atom. The third kappa shape index (κ3) is 1.75. The topological polar surface area (TPSA) is 0 Å². The van der Waals surface area contributed by atoms with Crippen molar-refractivity contribution in [2.24, 2.45) is 5.41 Å². The molecule has 0 aromatic carbocycles. The van der Waals surface area contributed by atoms with Crippen LogP contribution >= 0.6 is 0 Å². The van der Waals surface area contributed by atoms with Gasteiger partial charge in [0.15, 0.2) is 0 Å². The van der Waals surface area contributed by atoms with Gasteiger partial charge in [0.25, 0.3) is 0 Å². The van der Waals surface area contributed by atoms with Crippen molar-refractivity contribution in [2.75, 3.05) is 0 Å². The van der Waals surface area contributed by atoms with Crippen LogP contribution in [-0.2, 0) is 0 Å². The molecule has 0 heteroatoms. The Kier molecular flexibility index (Phi) is 2.45. The van der Waals surface area contributed by atoms with Gasteiger partial charge in [0.1, 0.15) is 0 Å². The highest BCUT2D eigenvalue weighted by molar-refractivity contribution is 5.35. The van der Waals surface area contributed by atoms with Gasteiger partial charge in [-0.1, -0.05) is 54.5 Å². The van der Waals surface area contributed by atoms with Crippen molar-refractivity contribution in [3.8, 4) is 0 Å². The molecule has 0 radical (unpaired) electrons. The molecule has 0 aromatic heterocycles. The molecule has 0 nitrogen and oxygen atoms in total. The van der Waals surface area contributed by atoms with Crippen LogP contribution in [0, 0.1) is 5.41 Å². The largest absolute Gasteiger partial charge is 0.0842 e. The van der Waals surface area contributed by atoms with Crippen LogP contribution in [0.5, 0.6) is 0 Å². The van der Waals surface area contributed by atoms with E-state index >= 15 is 0 Å². The van der Waals surface area contributed by atoms with E-state index in [-0.39, 0.29) is 5.41 Å². The van der Waals surface area contributed by atoms with Crippen LogP contribution in [0.3, 0.4) is 0 Å². The number of hydrogen-bond acceptors (Lipinski definition) is 0. The average Bonchev–Trinajstić information content (AvgIpc) is 2.24. The van der Waals surface area contributed by atoms with E-state index in [1.165, 1.54) is 18.4 Å². The molecular formula is C14H18. The van der Waals surface area contributed by atoms with Crippen LogP contribution in [0.15, 0.2) is 47.6 Å². The summed E-state index contributed by atoms with van der Waals surface area (Å²) in [5, 5.41) is 0.